The quantitative estimate of drug-likeness (QED) is 0.156. The van der Waals surface area contributed by atoms with Gasteiger partial charge >= 0.3 is 0 Å². The van der Waals surface area contributed by atoms with Crippen LogP contribution >= 0.6 is 0 Å². The molecule has 10 aromatic carbocycles. The summed E-state index contributed by atoms with van der Waals surface area (Å²) in [5.41, 5.74) is 25.1. The largest absolute Gasteiger partial charge is 0.456 e. The number of aromatic nitrogens is 6. The molecule has 7 aromatic heterocycles. The molecule has 0 aliphatic carbocycles. The first-order valence-corrected chi connectivity index (χ1v) is 29.2. The zero-order valence-corrected chi connectivity index (χ0v) is 47.1. The van der Waals surface area contributed by atoms with Gasteiger partial charge in [0.25, 0.3) is 0 Å². The topological polar surface area (TPSA) is 85.4 Å². The summed E-state index contributed by atoms with van der Waals surface area (Å²) in [4.78, 5) is 22.2. The number of pyridine rings is 4. The van der Waals surface area contributed by atoms with Gasteiger partial charge in [0.15, 0.2) is 0 Å². The van der Waals surface area contributed by atoms with Crippen molar-refractivity contribution in [2.45, 2.75) is 0 Å². The molecule has 7 heteroatoms. The lowest BCUT2D eigenvalue weighted by Crippen LogP contribution is -1.94. The zero-order valence-electron chi connectivity index (χ0n) is 47.1. The van der Waals surface area contributed by atoms with Crippen molar-refractivity contribution >= 4 is 65.6 Å². The summed E-state index contributed by atoms with van der Waals surface area (Å²) < 4.78 is 8.59. The van der Waals surface area contributed by atoms with E-state index in [1.54, 1.807) is 0 Å². The Balaban J connectivity index is 0.000000147. The second-order valence-electron chi connectivity index (χ2n) is 21.8. The van der Waals surface area contributed by atoms with Crippen molar-refractivity contribution in [1.82, 2.24) is 29.5 Å². The molecule has 7 heterocycles. The van der Waals surface area contributed by atoms with Crippen LogP contribution < -0.4 is 0 Å². The lowest BCUT2D eigenvalue weighted by Gasteiger charge is -2.11. The minimum Gasteiger partial charge on any atom is -0.456 e. The normalized spacial score (nSPS) is 11.4. The summed E-state index contributed by atoms with van der Waals surface area (Å²) in [7, 11) is 0. The molecule has 87 heavy (non-hydrogen) atoms. The predicted molar refractivity (Wildman–Crippen MR) is 359 cm³/mol. The summed E-state index contributed by atoms with van der Waals surface area (Å²) in [6.45, 7) is 0. The molecule has 0 spiro atoms. The number of furan rings is 1. The number of nitrogens with one attached hydrogen (secondary N) is 1. The first kappa shape index (κ1) is 50.9. The van der Waals surface area contributed by atoms with Crippen LogP contribution in [0.4, 0.5) is 0 Å². The van der Waals surface area contributed by atoms with Crippen LogP contribution in [0.25, 0.3) is 161 Å². The number of hydrogen-bond acceptors (Lipinski definition) is 5. The van der Waals surface area contributed by atoms with Gasteiger partial charge in [-0.15, -0.1) is 0 Å². The van der Waals surface area contributed by atoms with Crippen molar-refractivity contribution in [3.05, 3.63) is 310 Å². The van der Waals surface area contributed by atoms with Crippen LogP contribution in [0.5, 0.6) is 0 Å². The second-order valence-corrected chi connectivity index (χ2v) is 21.8. The molecular formula is C80H52N6O. The highest BCUT2D eigenvalue weighted by molar-refractivity contribution is 6.14. The molecule has 0 amide bonds. The van der Waals surface area contributed by atoms with E-state index in [1.807, 2.05) is 85.5 Å². The van der Waals surface area contributed by atoms with Crippen LogP contribution in [0.1, 0.15) is 0 Å². The molecule has 1 N–H and O–H groups in total. The van der Waals surface area contributed by atoms with E-state index in [0.29, 0.717) is 0 Å². The maximum Gasteiger partial charge on any atom is 0.135 e. The molecule has 0 aliphatic rings. The molecule has 7 nitrogen and oxygen atoms in total. The Kier molecular flexibility index (Phi) is 12.7. The average molecular weight is 1110 g/mol. The third-order valence-corrected chi connectivity index (χ3v) is 16.7. The molecule has 0 atom stereocenters. The fraction of sp³-hybridized carbons (Fsp3) is 0. The first-order valence-electron chi connectivity index (χ1n) is 29.2. The molecular weight excluding hydrogens is 1060 g/mol. The molecule has 408 valence electrons. The molecule has 0 bridgehead atoms. The zero-order chi connectivity index (χ0) is 57.6. The number of benzene rings is 10. The van der Waals surface area contributed by atoms with Gasteiger partial charge in [-0.25, -0.2) is 0 Å². The van der Waals surface area contributed by atoms with Crippen molar-refractivity contribution in [3.63, 3.8) is 0 Å². The van der Waals surface area contributed by atoms with Gasteiger partial charge < -0.3 is 14.0 Å². The molecule has 0 unspecified atom stereocenters. The van der Waals surface area contributed by atoms with Gasteiger partial charge in [-0.3, -0.25) is 19.9 Å². The average Bonchev–Trinajstić information content (AvgIpc) is 1.99. The minimum absolute atomic E-state index is 0.887. The van der Waals surface area contributed by atoms with Crippen molar-refractivity contribution in [1.29, 1.82) is 0 Å². The molecule has 0 radical (unpaired) electrons. The van der Waals surface area contributed by atoms with E-state index >= 15 is 0 Å². The summed E-state index contributed by atoms with van der Waals surface area (Å²) in [6.07, 6.45) is 7.40. The Hall–Kier alpha value is -11.8. The van der Waals surface area contributed by atoms with Crippen molar-refractivity contribution in [3.8, 4) is 95.2 Å². The Labute approximate surface area is 501 Å². The standard InChI is InChI=1S/C46H29N3O.C34H23N3/c1-3-13-35(41-16-7-9-25-47-41)33(11-1)30-19-22-43-38(27-30)39-28-31(34-12-2-4-14-36(34)42-17-8-10-26-48-42)20-23-44(39)49(43)32-21-24-46-40(29-32)37-15-5-6-18-45(37)50-46;1-3-11-27(31-13-5-7-19-35-31)25(9-1)23-15-17-33-29(21-23)30-22-24(16-18-34(30)37-33)26-10-2-4-12-28(26)32-14-6-8-20-36-32/h1-29H;1-22,37H. The maximum absolute atomic E-state index is 6.21. The fourth-order valence-corrected chi connectivity index (χ4v) is 12.6. The van der Waals surface area contributed by atoms with Crippen LogP contribution in [0, 0.1) is 0 Å². The lowest BCUT2D eigenvalue weighted by molar-refractivity contribution is 0.669. The molecule has 0 saturated carbocycles. The van der Waals surface area contributed by atoms with Gasteiger partial charge in [0.2, 0.25) is 0 Å². The number of aromatic amines is 1. The monoisotopic (exact) mass is 1110 g/mol. The van der Waals surface area contributed by atoms with E-state index in [1.165, 1.54) is 43.8 Å². The number of H-pyrrole nitrogens is 1. The Bertz CT molecular complexity index is 5120. The molecule has 17 aromatic rings. The maximum atomic E-state index is 6.21. The van der Waals surface area contributed by atoms with Crippen molar-refractivity contribution < 1.29 is 4.42 Å². The Morgan fingerprint density at radius 2 is 0.598 bits per heavy atom. The molecule has 17 rings (SSSR count). The summed E-state index contributed by atoms with van der Waals surface area (Å²) in [5, 5.41) is 7.01. The van der Waals surface area contributed by atoms with Gasteiger partial charge in [0.1, 0.15) is 11.2 Å². The van der Waals surface area contributed by atoms with Crippen LogP contribution in [0.3, 0.4) is 0 Å². The van der Waals surface area contributed by atoms with E-state index in [9.17, 15) is 0 Å². The van der Waals surface area contributed by atoms with E-state index in [-0.39, 0.29) is 0 Å². The van der Waals surface area contributed by atoms with Crippen LogP contribution in [-0.2, 0) is 0 Å². The molecule has 0 fully saturated rings. The first-order chi connectivity index (χ1) is 43.1. The van der Waals surface area contributed by atoms with Gasteiger partial charge in [-0.2, -0.15) is 0 Å². The number of nitrogens with zero attached hydrogens (tertiary/aromatic N) is 5. The SMILES string of the molecule is c1ccc(-c2ccccc2-c2ccc3[nH]c4ccc(-c5ccccc5-c5ccccn5)cc4c3c2)nc1.c1ccc(-c2ccccc2-c2ccc3c(c2)c2cc(-c4ccccc4-c4ccccn4)ccc2n3-c2ccc3oc4ccccc4c3c2)nc1. The van der Waals surface area contributed by atoms with E-state index in [4.69, 9.17) is 14.4 Å². The lowest BCUT2D eigenvalue weighted by atomic mass is 9.94. The third-order valence-electron chi connectivity index (χ3n) is 16.7. The summed E-state index contributed by atoms with van der Waals surface area (Å²) in [6, 6.07) is 100. The van der Waals surface area contributed by atoms with Gasteiger partial charge in [-0.05, 0) is 166 Å². The van der Waals surface area contributed by atoms with E-state index in [2.05, 4.69) is 244 Å². The Morgan fingerprint density at radius 3 is 1.00 bits per heavy atom. The summed E-state index contributed by atoms with van der Waals surface area (Å²) >= 11 is 0. The van der Waals surface area contributed by atoms with Gasteiger partial charge in [0, 0.05) is 96.1 Å². The second kappa shape index (κ2) is 21.8. The fourth-order valence-electron chi connectivity index (χ4n) is 12.6. The molecule has 0 aliphatic heterocycles. The summed E-state index contributed by atoms with van der Waals surface area (Å²) in [5.74, 6) is 0. The van der Waals surface area contributed by atoms with Gasteiger partial charge in [-0.1, -0.05) is 164 Å². The number of para-hydroxylation sites is 1. The third kappa shape index (κ3) is 9.28. The predicted octanol–water partition coefficient (Wildman–Crippen LogP) is 20.9. The minimum atomic E-state index is 0.887. The van der Waals surface area contributed by atoms with Gasteiger partial charge in [0.05, 0.1) is 33.8 Å². The highest BCUT2D eigenvalue weighted by atomic mass is 16.3. The van der Waals surface area contributed by atoms with E-state index in [0.717, 1.165) is 117 Å². The van der Waals surface area contributed by atoms with Crippen molar-refractivity contribution in [2.24, 2.45) is 0 Å². The van der Waals surface area contributed by atoms with Crippen LogP contribution in [0.15, 0.2) is 314 Å². The van der Waals surface area contributed by atoms with Crippen LogP contribution in [-0.4, -0.2) is 29.5 Å². The molecule has 0 saturated heterocycles. The highest BCUT2D eigenvalue weighted by Crippen LogP contribution is 2.43. The number of hydrogen-bond donors (Lipinski definition) is 1. The van der Waals surface area contributed by atoms with E-state index < -0.39 is 0 Å². The van der Waals surface area contributed by atoms with Crippen molar-refractivity contribution in [2.75, 3.05) is 0 Å². The smallest absolute Gasteiger partial charge is 0.135 e. The number of rotatable bonds is 9. The highest BCUT2D eigenvalue weighted by Gasteiger charge is 2.20. The van der Waals surface area contributed by atoms with Crippen LogP contribution in [0.2, 0.25) is 0 Å². The number of fused-ring (bicyclic) bond motifs is 9. The Morgan fingerprint density at radius 1 is 0.253 bits per heavy atom.